The van der Waals surface area contributed by atoms with Crippen molar-refractivity contribution in [2.75, 3.05) is 4.90 Å². The Labute approximate surface area is 147 Å². The molecule has 0 spiro atoms. The molecule has 24 heavy (non-hydrogen) atoms. The van der Waals surface area contributed by atoms with E-state index < -0.39 is 0 Å². The van der Waals surface area contributed by atoms with Crippen molar-refractivity contribution in [3.8, 4) is 0 Å². The number of para-hydroxylation sites is 1. The second-order valence-corrected chi connectivity index (χ2v) is 5.98. The van der Waals surface area contributed by atoms with Crippen LogP contribution in [0.15, 0.2) is 78.9 Å². The van der Waals surface area contributed by atoms with E-state index in [1.165, 1.54) is 6.07 Å². The lowest BCUT2D eigenvalue weighted by Gasteiger charge is -2.27. The molecule has 0 saturated heterocycles. The van der Waals surface area contributed by atoms with E-state index in [0.717, 1.165) is 16.7 Å². The zero-order valence-corrected chi connectivity index (χ0v) is 14.1. The van der Waals surface area contributed by atoms with Crippen LogP contribution in [0.4, 0.5) is 10.1 Å². The first-order valence-electron chi connectivity index (χ1n) is 7.94. The van der Waals surface area contributed by atoms with Crippen molar-refractivity contribution in [1.82, 2.24) is 0 Å². The predicted octanol–water partition coefficient (Wildman–Crippen LogP) is 5.77. The summed E-state index contributed by atoms with van der Waals surface area (Å²) in [5, 5.41) is 0. The first-order chi connectivity index (χ1) is 11.8. The molecule has 0 radical (unpaired) electrons. The van der Waals surface area contributed by atoms with Gasteiger partial charge >= 0.3 is 0 Å². The van der Waals surface area contributed by atoms with Crippen LogP contribution in [0.25, 0.3) is 0 Å². The second kappa shape index (κ2) is 7.98. The molecule has 0 saturated carbocycles. The minimum atomic E-state index is -0.236. The van der Waals surface area contributed by atoms with E-state index in [1.807, 2.05) is 42.5 Å². The summed E-state index contributed by atoms with van der Waals surface area (Å²) in [6.45, 7) is 1.25. The van der Waals surface area contributed by atoms with Gasteiger partial charge in [-0.15, -0.1) is 11.6 Å². The van der Waals surface area contributed by atoms with E-state index in [4.69, 9.17) is 11.6 Å². The van der Waals surface area contributed by atoms with Gasteiger partial charge in [0.2, 0.25) is 0 Å². The Bertz CT molecular complexity index is 733. The first kappa shape index (κ1) is 16.5. The lowest BCUT2D eigenvalue weighted by atomic mass is 10.1. The number of benzene rings is 3. The van der Waals surface area contributed by atoms with Crippen LogP contribution < -0.4 is 4.90 Å². The fourth-order valence-electron chi connectivity index (χ4n) is 2.84. The van der Waals surface area contributed by atoms with Gasteiger partial charge in [-0.25, -0.2) is 4.39 Å². The Morgan fingerprint density at radius 2 is 1.25 bits per heavy atom. The van der Waals surface area contributed by atoms with Gasteiger partial charge in [0.1, 0.15) is 5.82 Å². The van der Waals surface area contributed by atoms with Crippen molar-refractivity contribution < 1.29 is 4.39 Å². The molecule has 0 aliphatic heterocycles. The molecule has 0 amide bonds. The highest BCUT2D eigenvalue weighted by Crippen LogP contribution is 2.29. The molecule has 0 bridgehead atoms. The normalized spacial score (nSPS) is 10.6. The molecule has 3 aromatic carbocycles. The molecule has 3 heteroatoms. The topological polar surface area (TPSA) is 3.24 Å². The molecule has 3 rings (SSSR count). The average Bonchev–Trinajstić information content (AvgIpc) is 2.63. The summed E-state index contributed by atoms with van der Waals surface area (Å²) in [5.74, 6) is 0.0488. The maximum atomic E-state index is 14.6. The van der Waals surface area contributed by atoms with E-state index in [0.29, 0.717) is 18.8 Å². The van der Waals surface area contributed by atoms with Crippen molar-refractivity contribution in [1.29, 1.82) is 0 Å². The average molecular weight is 340 g/mol. The van der Waals surface area contributed by atoms with Crippen LogP contribution in [0.2, 0.25) is 0 Å². The number of halogens is 2. The molecule has 122 valence electrons. The molecule has 0 aromatic heterocycles. The summed E-state index contributed by atoms with van der Waals surface area (Å²) in [6.07, 6.45) is 0. The van der Waals surface area contributed by atoms with E-state index in [1.54, 1.807) is 6.07 Å². The number of rotatable bonds is 6. The van der Waals surface area contributed by atoms with Crippen LogP contribution in [0.5, 0.6) is 0 Å². The molecule has 3 aromatic rings. The highest BCUT2D eigenvalue weighted by atomic mass is 35.5. The third-order valence-electron chi connectivity index (χ3n) is 3.96. The molecule has 0 aliphatic rings. The SMILES string of the molecule is Fc1cccc(CCl)c1N(Cc1ccccc1)Cc1ccccc1. The highest BCUT2D eigenvalue weighted by Gasteiger charge is 2.16. The molecular weight excluding hydrogens is 321 g/mol. The van der Waals surface area contributed by atoms with Crippen molar-refractivity contribution in [3.63, 3.8) is 0 Å². The Hall–Kier alpha value is -2.32. The Balaban J connectivity index is 1.98. The zero-order valence-electron chi connectivity index (χ0n) is 13.3. The fourth-order valence-corrected chi connectivity index (χ4v) is 3.06. The van der Waals surface area contributed by atoms with Gasteiger partial charge in [-0.1, -0.05) is 72.8 Å². The standard InChI is InChI=1S/C21H19ClFN/c22-14-19-12-7-13-20(23)21(19)24(15-17-8-3-1-4-9-17)16-18-10-5-2-6-11-18/h1-13H,14-16H2. The third-order valence-corrected chi connectivity index (χ3v) is 4.25. The van der Waals surface area contributed by atoms with Crippen LogP contribution in [-0.4, -0.2) is 0 Å². The van der Waals surface area contributed by atoms with Gasteiger partial charge in [0, 0.05) is 19.0 Å². The van der Waals surface area contributed by atoms with Gasteiger partial charge in [-0.3, -0.25) is 0 Å². The van der Waals surface area contributed by atoms with E-state index >= 15 is 0 Å². The number of hydrogen-bond donors (Lipinski definition) is 0. The molecular formula is C21H19ClFN. The van der Waals surface area contributed by atoms with Crippen LogP contribution in [0, 0.1) is 5.82 Å². The lowest BCUT2D eigenvalue weighted by Crippen LogP contribution is -2.24. The van der Waals surface area contributed by atoms with Gasteiger partial charge in [0.25, 0.3) is 0 Å². The summed E-state index contributed by atoms with van der Waals surface area (Å²) in [4.78, 5) is 2.05. The van der Waals surface area contributed by atoms with E-state index in [2.05, 4.69) is 29.2 Å². The second-order valence-electron chi connectivity index (χ2n) is 5.71. The van der Waals surface area contributed by atoms with Gasteiger partial charge < -0.3 is 4.90 Å². The van der Waals surface area contributed by atoms with E-state index in [-0.39, 0.29) is 11.7 Å². The Kier molecular flexibility index (Phi) is 5.50. The third kappa shape index (κ3) is 3.95. The Morgan fingerprint density at radius 1 is 0.708 bits per heavy atom. The fraction of sp³-hybridized carbons (Fsp3) is 0.143. The lowest BCUT2D eigenvalue weighted by molar-refractivity contribution is 0.613. The maximum absolute atomic E-state index is 14.6. The molecule has 0 heterocycles. The van der Waals surface area contributed by atoms with E-state index in [9.17, 15) is 4.39 Å². The molecule has 0 unspecified atom stereocenters. The quantitative estimate of drug-likeness (QED) is 0.515. The maximum Gasteiger partial charge on any atom is 0.146 e. The Morgan fingerprint density at radius 3 is 1.75 bits per heavy atom. The number of hydrogen-bond acceptors (Lipinski definition) is 1. The molecule has 0 N–H and O–H groups in total. The molecule has 1 nitrogen and oxygen atoms in total. The highest BCUT2D eigenvalue weighted by molar-refractivity contribution is 6.17. The summed E-state index contributed by atoms with van der Waals surface area (Å²) >= 11 is 6.06. The van der Waals surface area contributed by atoms with Crippen LogP contribution in [0.3, 0.4) is 0 Å². The minimum Gasteiger partial charge on any atom is -0.360 e. The molecule has 0 fully saturated rings. The summed E-state index contributed by atoms with van der Waals surface area (Å²) < 4.78 is 14.6. The predicted molar refractivity (Wildman–Crippen MR) is 98.7 cm³/mol. The number of anilines is 1. The van der Waals surface area contributed by atoms with Crippen LogP contribution in [0.1, 0.15) is 16.7 Å². The van der Waals surface area contributed by atoms with Gasteiger partial charge in [-0.05, 0) is 22.8 Å². The summed E-state index contributed by atoms with van der Waals surface area (Å²) in [7, 11) is 0. The van der Waals surface area contributed by atoms with Gasteiger partial charge in [-0.2, -0.15) is 0 Å². The van der Waals surface area contributed by atoms with Crippen LogP contribution in [-0.2, 0) is 19.0 Å². The largest absolute Gasteiger partial charge is 0.360 e. The van der Waals surface area contributed by atoms with Gasteiger partial charge in [0.05, 0.1) is 5.69 Å². The minimum absolute atomic E-state index is 0.236. The number of alkyl halides is 1. The van der Waals surface area contributed by atoms with Gasteiger partial charge in [0.15, 0.2) is 0 Å². The smallest absolute Gasteiger partial charge is 0.146 e. The van der Waals surface area contributed by atoms with Crippen molar-refractivity contribution in [2.45, 2.75) is 19.0 Å². The summed E-state index contributed by atoms with van der Waals surface area (Å²) in [6, 6.07) is 25.3. The first-order valence-corrected chi connectivity index (χ1v) is 8.47. The van der Waals surface area contributed by atoms with Crippen molar-refractivity contribution in [2.24, 2.45) is 0 Å². The number of nitrogens with zero attached hydrogens (tertiary/aromatic N) is 1. The zero-order chi connectivity index (χ0) is 16.8. The summed E-state index contributed by atoms with van der Waals surface area (Å²) in [5.41, 5.74) is 3.66. The molecule has 0 atom stereocenters. The molecule has 0 aliphatic carbocycles. The van der Waals surface area contributed by atoms with Crippen LogP contribution >= 0.6 is 11.6 Å². The monoisotopic (exact) mass is 339 g/mol. The van der Waals surface area contributed by atoms with Crippen molar-refractivity contribution in [3.05, 3.63) is 101 Å². The van der Waals surface area contributed by atoms with Crippen molar-refractivity contribution >= 4 is 17.3 Å².